The number of carbonyl (C=O) groups is 2. The molecule has 1 saturated heterocycles. The van der Waals surface area contributed by atoms with Crippen molar-refractivity contribution in [3.63, 3.8) is 0 Å². The van der Waals surface area contributed by atoms with Crippen molar-refractivity contribution in [1.29, 1.82) is 0 Å². The van der Waals surface area contributed by atoms with Gasteiger partial charge in [0.1, 0.15) is 12.1 Å². The Morgan fingerprint density at radius 2 is 1.54 bits per heavy atom. The number of ether oxygens (including phenoxy) is 1. The quantitative estimate of drug-likeness (QED) is 0.356. The fourth-order valence-electron chi connectivity index (χ4n) is 4.78. The van der Waals surface area contributed by atoms with E-state index in [2.05, 4.69) is 9.97 Å². The minimum atomic E-state index is -4.57. The lowest BCUT2D eigenvalue weighted by atomic mass is 9.98. The van der Waals surface area contributed by atoms with Gasteiger partial charge in [0.05, 0.1) is 23.9 Å². The number of carbonyl (C=O) groups excluding carboxylic acids is 2. The summed E-state index contributed by atoms with van der Waals surface area (Å²) in [5.41, 5.74) is 2.40. The average molecular weight is 535 g/mol. The number of fused-ring (bicyclic) bond motifs is 1. The van der Waals surface area contributed by atoms with E-state index in [9.17, 15) is 22.8 Å². The third kappa shape index (κ3) is 5.27. The second kappa shape index (κ2) is 10.4. The standard InChI is InChI=1S/C29H25F3N4O3/c1-18(37)35-10-12-36(13-11-35)28(38)22-5-3-4-21(14-22)27-23-15-19(6-8-25(23)33-17-34-27)20-7-9-26(39-2)24(16-20)29(30,31)32/h3-9,14-17H,10-13H2,1-2H3. The Labute approximate surface area is 222 Å². The largest absolute Gasteiger partial charge is 0.496 e. The number of alkyl halides is 3. The zero-order valence-electron chi connectivity index (χ0n) is 21.3. The summed E-state index contributed by atoms with van der Waals surface area (Å²) in [6, 6.07) is 16.2. The Hall–Kier alpha value is -4.47. The average Bonchev–Trinajstić information content (AvgIpc) is 2.95. The number of hydrogen-bond donors (Lipinski definition) is 0. The molecule has 200 valence electrons. The third-order valence-electron chi connectivity index (χ3n) is 6.87. The molecule has 39 heavy (non-hydrogen) atoms. The van der Waals surface area contributed by atoms with Crippen molar-refractivity contribution < 1.29 is 27.5 Å². The molecule has 4 aromatic rings. The van der Waals surface area contributed by atoms with Crippen LogP contribution >= 0.6 is 0 Å². The van der Waals surface area contributed by atoms with Crippen LogP contribution in [0.2, 0.25) is 0 Å². The molecule has 0 unspecified atom stereocenters. The van der Waals surface area contributed by atoms with E-state index in [0.717, 1.165) is 6.07 Å². The summed E-state index contributed by atoms with van der Waals surface area (Å²) < 4.78 is 45.8. The van der Waals surface area contributed by atoms with Crippen LogP contribution in [0.1, 0.15) is 22.8 Å². The van der Waals surface area contributed by atoms with E-state index in [1.54, 1.807) is 52.3 Å². The number of halogens is 3. The van der Waals surface area contributed by atoms with Crippen LogP contribution in [0.25, 0.3) is 33.3 Å². The van der Waals surface area contributed by atoms with E-state index in [1.165, 1.54) is 26.4 Å². The van der Waals surface area contributed by atoms with Crippen LogP contribution in [0.5, 0.6) is 5.75 Å². The summed E-state index contributed by atoms with van der Waals surface area (Å²) in [7, 11) is 1.20. The highest BCUT2D eigenvalue weighted by Gasteiger charge is 2.34. The first kappa shape index (κ1) is 26.1. The molecule has 0 aliphatic carbocycles. The summed E-state index contributed by atoms with van der Waals surface area (Å²) in [5.74, 6) is -0.402. The summed E-state index contributed by atoms with van der Waals surface area (Å²) in [5, 5.41) is 0.638. The molecule has 0 saturated carbocycles. The van der Waals surface area contributed by atoms with Gasteiger partial charge >= 0.3 is 6.18 Å². The number of aromatic nitrogens is 2. The number of methoxy groups -OCH3 is 1. The van der Waals surface area contributed by atoms with Crippen LogP contribution in [0.4, 0.5) is 13.2 Å². The third-order valence-corrected chi connectivity index (χ3v) is 6.87. The molecule has 0 radical (unpaired) electrons. The first-order valence-electron chi connectivity index (χ1n) is 12.3. The molecular formula is C29H25F3N4O3. The van der Waals surface area contributed by atoms with Crippen molar-refractivity contribution in [2.24, 2.45) is 0 Å². The molecule has 7 nitrogen and oxygen atoms in total. The van der Waals surface area contributed by atoms with Gasteiger partial charge in [0.2, 0.25) is 5.91 Å². The zero-order valence-corrected chi connectivity index (χ0v) is 21.3. The van der Waals surface area contributed by atoms with Gasteiger partial charge in [-0.2, -0.15) is 13.2 Å². The van der Waals surface area contributed by atoms with Gasteiger partial charge in [-0.15, -0.1) is 0 Å². The van der Waals surface area contributed by atoms with Crippen LogP contribution in [0.3, 0.4) is 0 Å². The Kier molecular flexibility index (Phi) is 6.94. The number of nitrogens with zero attached hydrogens (tertiary/aromatic N) is 4. The lowest BCUT2D eigenvalue weighted by Crippen LogP contribution is -2.50. The number of hydrogen-bond acceptors (Lipinski definition) is 5. The van der Waals surface area contributed by atoms with Gasteiger partial charge in [-0.05, 0) is 47.5 Å². The highest BCUT2D eigenvalue weighted by molar-refractivity contribution is 5.99. The van der Waals surface area contributed by atoms with Crippen LogP contribution in [0, 0.1) is 0 Å². The molecule has 2 amide bonds. The maximum absolute atomic E-state index is 13.6. The second-order valence-electron chi connectivity index (χ2n) is 9.25. The van der Waals surface area contributed by atoms with Crippen molar-refractivity contribution in [3.05, 3.63) is 78.1 Å². The van der Waals surface area contributed by atoms with Crippen LogP contribution < -0.4 is 4.74 Å². The van der Waals surface area contributed by atoms with Crippen molar-refractivity contribution in [1.82, 2.24) is 19.8 Å². The van der Waals surface area contributed by atoms with Gasteiger partial charge in [-0.25, -0.2) is 9.97 Å². The number of rotatable bonds is 4. The molecule has 0 atom stereocenters. The molecule has 3 aromatic carbocycles. The molecule has 1 fully saturated rings. The fourth-order valence-corrected chi connectivity index (χ4v) is 4.78. The monoisotopic (exact) mass is 534 g/mol. The van der Waals surface area contributed by atoms with Crippen molar-refractivity contribution in [2.75, 3.05) is 33.3 Å². The topological polar surface area (TPSA) is 75.6 Å². The van der Waals surface area contributed by atoms with E-state index in [1.807, 2.05) is 6.07 Å². The maximum Gasteiger partial charge on any atom is 0.419 e. The molecule has 0 spiro atoms. The Morgan fingerprint density at radius 3 is 2.23 bits per heavy atom. The molecule has 1 aliphatic heterocycles. The lowest BCUT2D eigenvalue weighted by Gasteiger charge is -2.34. The van der Waals surface area contributed by atoms with Gasteiger partial charge in [0.25, 0.3) is 5.91 Å². The molecule has 2 heterocycles. The summed E-state index contributed by atoms with van der Waals surface area (Å²) in [6.07, 6.45) is -3.15. The first-order chi connectivity index (χ1) is 18.7. The minimum Gasteiger partial charge on any atom is -0.496 e. The van der Waals surface area contributed by atoms with Gasteiger partial charge < -0.3 is 14.5 Å². The smallest absolute Gasteiger partial charge is 0.419 e. The highest BCUT2D eigenvalue weighted by Crippen LogP contribution is 2.39. The van der Waals surface area contributed by atoms with E-state index in [-0.39, 0.29) is 17.6 Å². The van der Waals surface area contributed by atoms with E-state index >= 15 is 0 Å². The van der Waals surface area contributed by atoms with E-state index in [4.69, 9.17) is 4.74 Å². The number of benzene rings is 3. The second-order valence-corrected chi connectivity index (χ2v) is 9.25. The minimum absolute atomic E-state index is 0.0108. The van der Waals surface area contributed by atoms with Crippen LogP contribution in [-0.4, -0.2) is 64.9 Å². The molecule has 0 N–H and O–H groups in total. The molecule has 1 aromatic heterocycles. The number of amides is 2. The van der Waals surface area contributed by atoms with E-state index in [0.29, 0.717) is 65.0 Å². The van der Waals surface area contributed by atoms with Gasteiger partial charge in [0.15, 0.2) is 0 Å². The van der Waals surface area contributed by atoms with Gasteiger partial charge in [-0.1, -0.05) is 24.3 Å². The predicted molar refractivity (Wildman–Crippen MR) is 140 cm³/mol. The molecular weight excluding hydrogens is 509 g/mol. The molecule has 0 bridgehead atoms. The summed E-state index contributed by atoms with van der Waals surface area (Å²) in [6.45, 7) is 3.39. The molecule has 10 heteroatoms. The SMILES string of the molecule is COc1ccc(-c2ccc3ncnc(-c4cccc(C(=O)N5CCN(C(C)=O)CC5)c4)c3c2)cc1C(F)(F)F. The first-order valence-corrected chi connectivity index (χ1v) is 12.3. The summed E-state index contributed by atoms with van der Waals surface area (Å²) in [4.78, 5) is 37.0. The fraction of sp³-hybridized carbons (Fsp3) is 0.241. The Balaban J connectivity index is 1.50. The lowest BCUT2D eigenvalue weighted by molar-refractivity contribution is -0.138. The van der Waals surface area contributed by atoms with Crippen molar-refractivity contribution in [2.45, 2.75) is 13.1 Å². The van der Waals surface area contributed by atoms with Gasteiger partial charge in [-0.3, -0.25) is 9.59 Å². The van der Waals surface area contributed by atoms with E-state index < -0.39 is 11.7 Å². The Bertz CT molecular complexity index is 1560. The van der Waals surface area contributed by atoms with Crippen molar-refractivity contribution >= 4 is 22.7 Å². The van der Waals surface area contributed by atoms with Crippen LogP contribution in [-0.2, 0) is 11.0 Å². The van der Waals surface area contributed by atoms with Crippen LogP contribution in [0.15, 0.2) is 67.0 Å². The maximum atomic E-state index is 13.6. The normalized spacial score (nSPS) is 14.0. The Morgan fingerprint density at radius 1 is 0.846 bits per heavy atom. The highest BCUT2D eigenvalue weighted by atomic mass is 19.4. The molecule has 5 rings (SSSR count). The number of piperazine rings is 1. The molecule has 1 aliphatic rings. The van der Waals surface area contributed by atoms with Gasteiger partial charge in [0, 0.05) is 49.6 Å². The predicted octanol–water partition coefficient (Wildman–Crippen LogP) is 5.30. The van der Waals surface area contributed by atoms with Crippen molar-refractivity contribution in [3.8, 4) is 28.1 Å². The summed E-state index contributed by atoms with van der Waals surface area (Å²) >= 11 is 0. The zero-order chi connectivity index (χ0) is 27.7.